The van der Waals surface area contributed by atoms with E-state index in [1.807, 2.05) is 13.8 Å². The van der Waals surface area contributed by atoms with E-state index in [9.17, 15) is 18.0 Å². The highest BCUT2D eigenvalue weighted by Gasteiger charge is 2.26. The number of aryl methyl sites for hydroxylation is 2. The maximum absolute atomic E-state index is 12.4. The fraction of sp³-hybridized carbons (Fsp3) is 0.619. The zero-order chi connectivity index (χ0) is 21.6. The van der Waals surface area contributed by atoms with Gasteiger partial charge in [-0.1, -0.05) is 13.0 Å². The van der Waals surface area contributed by atoms with Crippen LogP contribution in [0.5, 0.6) is 0 Å². The number of carbonyl (C=O) groups is 2. The molecule has 1 atom stereocenters. The lowest BCUT2D eigenvalue weighted by molar-refractivity contribution is -0.159. The number of nitrogens with zero attached hydrogens (tertiary/aromatic N) is 1. The van der Waals surface area contributed by atoms with E-state index in [0.717, 1.165) is 24.0 Å². The first-order valence-electron chi connectivity index (χ1n) is 10.2. The van der Waals surface area contributed by atoms with Crippen LogP contribution >= 0.6 is 0 Å². The van der Waals surface area contributed by atoms with Gasteiger partial charge in [0, 0.05) is 26.1 Å². The molecule has 8 heteroatoms. The van der Waals surface area contributed by atoms with E-state index in [1.54, 1.807) is 30.0 Å². The summed E-state index contributed by atoms with van der Waals surface area (Å²) in [5.74, 6) is -0.0493. The van der Waals surface area contributed by atoms with E-state index >= 15 is 0 Å². The van der Waals surface area contributed by atoms with Crippen LogP contribution in [0.4, 0.5) is 0 Å². The molecule has 162 valence electrons. The number of ether oxygens (including phenoxy) is 1. The van der Waals surface area contributed by atoms with Gasteiger partial charge in [-0.15, -0.1) is 0 Å². The van der Waals surface area contributed by atoms with Crippen molar-refractivity contribution in [2.45, 2.75) is 64.4 Å². The number of sulfonamides is 1. The zero-order valence-corrected chi connectivity index (χ0v) is 18.5. The van der Waals surface area contributed by atoms with Crippen molar-refractivity contribution < 1.29 is 22.7 Å². The summed E-state index contributed by atoms with van der Waals surface area (Å²) in [6.45, 7) is 9.04. The number of amides is 1. The van der Waals surface area contributed by atoms with Crippen LogP contribution in [0, 0.1) is 19.8 Å². The first-order valence-corrected chi connectivity index (χ1v) is 11.6. The molecule has 1 aliphatic rings. The topological polar surface area (TPSA) is 92.8 Å². The number of benzene rings is 1. The third kappa shape index (κ3) is 6.82. The quantitative estimate of drug-likeness (QED) is 0.511. The molecule has 1 amide bonds. The molecular weight excluding hydrogens is 392 g/mol. The van der Waals surface area contributed by atoms with Gasteiger partial charge in [-0.3, -0.25) is 9.59 Å². The number of carbonyl (C=O) groups excluding carboxylic acids is 2. The second-order valence-corrected chi connectivity index (χ2v) is 9.65. The average Bonchev–Trinajstić information content (AvgIpc) is 2.67. The summed E-state index contributed by atoms with van der Waals surface area (Å²) in [5.41, 5.74) is 1.92. The molecule has 2 rings (SSSR count). The summed E-state index contributed by atoms with van der Waals surface area (Å²) in [5, 5.41) is 0. The van der Waals surface area contributed by atoms with Gasteiger partial charge in [0.05, 0.1) is 4.90 Å². The van der Waals surface area contributed by atoms with Crippen LogP contribution in [0.2, 0.25) is 0 Å². The molecular formula is C21H32N2O5S. The van der Waals surface area contributed by atoms with Crippen LogP contribution in [-0.2, 0) is 24.3 Å². The molecule has 0 bridgehead atoms. The smallest absolute Gasteiger partial charge is 0.306 e. The molecule has 1 saturated heterocycles. The first kappa shape index (κ1) is 23.3. The number of esters is 1. The molecule has 7 nitrogen and oxygen atoms in total. The Labute approximate surface area is 173 Å². The van der Waals surface area contributed by atoms with Crippen LogP contribution in [0.15, 0.2) is 23.1 Å². The van der Waals surface area contributed by atoms with Crippen LogP contribution in [-0.4, -0.2) is 50.9 Å². The van der Waals surface area contributed by atoms with Gasteiger partial charge in [-0.2, -0.15) is 0 Å². The van der Waals surface area contributed by atoms with Gasteiger partial charge in [-0.05, 0) is 69.2 Å². The molecule has 0 spiro atoms. The number of rotatable bonds is 8. The highest BCUT2D eigenvalue weighted by Crippen LogP contribution is 2.17. The number of likely N-dealkylation sites (tertiary alicyclic amines) is 1. The van der Waals surface area contributed by atoms with Crippen LogP contribution in [0.25, 0.3) is 0 Å². The largest absolute Gasteiger partial charge is 0.453 e. The molecule has 1 aromatic carbocycles. The predicted octanol–water partition coefficient (Wildman–Crippen LogP) is 2.55. The van der Waals surface area contributed by atoms with Gasteiger partial charge in [-0.25, -0.2) is 13.1 Å². The molecule has 29 heavy (non-hydrogen) atoms. The minimum Gasteiger partial charge on any atom is -0.453 e. The highest BCUT2D eigenvalue weighted by molar-refractivity contribution is 7.89. The van der Waals surface area contributed by atoms with Gasteiger partial charge < -0.3 is 9.64 Å². The third-order valence-corrected chi connectivity index (χ3v) is 6.85. The molecule has 0 aromatic heterocycles. The highest BCUT2D eigenvalue weighted by atomic mass is 32.2. The van der Waals surface area contributed by atoms with E-state index in [4.69, 9.17) is 4.74 Å². The number of nitrogens with one attached hydrogen (secondary N) is 1. The van der Waals surface area contributed by atoms with Gasteiger partial charge in [0.1, 0.15) is 0 Å². The summed E-state index contributed by atoms with van der Waals surface area (Å²) in [6, 6.07) is 4.96. The Hall–Kier alpha value is -1.93. The summed E-state index contributed by atoms with van der Waals surface area (Å²) >= 11 is 0. The second kappa shape index (κ2) is 10.2. The molecule has 0 saturated carbocycles. The summed E-state index contributed by atoms with van der Waals surface area (Å²) in [4.78, 5) is 26.3. The van der Waals surface area contributed by atoms with Crippen LogP contribution < -0.4 is 4.72 Å². The second-order valence-electron chi connectivity index (χ2n) is 7.89. The van der Waals surface area contributed by atoms with Crippen molar-refractivity contribution in [3.63, 3.8) is 0 Å². The lowest BCUT2D eigenvalue weighted by Crippen LogP contribution is -2.44. The molecule has 0 aliphatic carbocycles. The van der Waals surface area contributed by atoms with Gasteiger partial charge in [0.2, 0.25) is 10.0 Å². The summed E-state index contributed by atoms with van der Waals surface area (Å²) in [6.07, 6.45) is 1.46. The van der Waals surface area contributed by atoms with Gasteiger partial charge in [0.15, 0.2) is 6.10 Å². The van der Waals surface area contributed by atoms with E-state index in [0.29, 0.717) is 25.4 Å². The molecule has 1 heterocycles. The number of piperidine rings is 1. The van der Waals surface area contributed by atoms with E-state index < -0.39 is 22.1 Å². The fourth-order valence-electron chi connectivity index (χ4n) is 3.20. The van der Waals surface area contributed by atoms with Gasteiger partial charge >= 0.3 is 5.97 Å². The zero-order valence-electron chi connectivity index (χ0n) is 17.7. The standard InChI is InChI=1S/C21H32N2O5S/c1-15-9-12-23(13-10-15)21(25)18(4)28-20(24)6-5-11-22-29(26,27)19-8-7-16(2)17(3)14-19/h7-8,14-15,18,22H,5-6,9-13H2,1-4H3/t18-/m0/s1. The van der Waals surface area contributed by atoms with Crippen molar-refractivity contribution in [1.82, 2.24) is 9.62 Å². The maximum atomic E-state index is 12.4. The monoisotopic (exact) mass is 424 g/mol. The van der Waals surface area contributed by atoms with Crippen molar-refractivity contribution in [3.05, 3.63) is 29.3 Å². The Morgan fingerprint density at radius 2 is 1.86 bits per heavy atom. The van der Waals surface area contributed by atoms with Crippen molar-refractivity contribution >= 4 is 21.9 Å². The molecule has 1 N–H and O–H groups in total. The molecule has 0 radical (unpaired) electrons. The molecule has 1 aromatic rings. The Morgan fingerprint density at radius 1 is 1.21 bits per heavy atom. The average molecular weight is 425 g/mol. The molecule has 1 aliphatic heterocycles. The first-order chi connectivity index (χ1) is 13.6. The molecule has 1 fully saturated rings. The van der Waals surface area contributed by atoms with Crippen LogP contribution in [0.1, 0.15) is 50.7 Å². The van der Waals surface area contributed by atoms with Crippen molar-refractivity contribution in [1.29, 1.82) is 0 Å². The SMILES string of the molecule is Cc1ccc(S(=O)(=O)NCCCC(=O)O[C@@H](C)C(=O)N2CCC(C)CC2)cc1C. The Balaban J connectivity index is 1.73. The Bertz CT molecular complexity index is 829. The van der Waals surface area contributed by atoms with E-state index in [1.165, 1.54) is 0 Å². The lowest BCUT2D eigenvalue weighted by atomic mass is 9.99. The minimum atomic E-state index is -3.62. The lowest BCUT2D eigenvalue weighted by Gasteiger charge is -2.31. The number of hydrogen-bond donors (Lipinski definition) is 1. The van der Waals surface area contributed by atoms with Crippen LogP contribution in [0.3, 0.4) is 0 Å². The van der Waals surface area contributed by atoms with Crippen molar-refractivity contribution in [2.24, 2.45) is 5.92 Å². The summed E-state index contributed by atoms with van der Waals surface area (Å²) in [7, 11) is -3.62. The maximum Gasteiger partial charge on any atom is 0.306 e. The Morgan fingerprint density at radius 3 is 2.48 bits per heavy atom. The minimum absolute atomic E-state index is 0.0457. The Kier molecular flexibility index (Phi) is 8.22. The van der Waals surface area contributed by atoms with Gasteiger partial charge in [0.25, 0.3) is 5.91 Å². The van der Waals surface area contributed by atoms with Crippen molar-refractivity contribution in [2.75, 3.05) is 19.6 Å². The molecule has 0 unspecified atom stereocenters. The van der Waals surface area contributed by atoms with Crippen molar-refractivity contribution in [3.8, 4) is 0 Å². The fourth-order valence-corrected chi connectivity index (χ4v) is 4.36. The number of hydrogen-bond acceptors (Lipinski definition) is 5. The summed E-state index contributed by atoms with van der Waals surface area (Å²) < 4.78 is 32.4. The predicted molar refractivity (Wildman–Crippen MR) is 111 cm³/mol. The normalized spacial score (nSPS) is 16.5. The van der Waals surface area contributed by atoms with E-state index in [-0.39, 0.29) is 23.8 Å². The van der Waals surface area contributed by atoms with E-state index in [2.05, 4.69) is 11.6 Å². The third-order valence-electron chi connectivity index (χ3n) is 5.39.